The van der Waals surface area contributed by atoms with Crippen molar-refractivity contribution in [3.8, 4) is 0 Å². The minimum Gasteiger partial charge on any atom is -0.480 e. The van der Waals surface area contributed by atoms with Crippen LogP contribution >= 0.6 is 0 Å². The number of carbonyl (C=O) groups excluding carboxylic acids is 1. The average molecular weight is 327 g/mol. The van der Waals surface area contributed by atoms with Gasteiger partial charge in [-0.2, -0.15) is 0 Å². The first-order valence-electron chi connectivity index (χ1n) is 7.08. The van der Waals surface area contributed by atoms with Crippen LogP contribution in [0.25, 0.3) is 0 Å². The topological polar surface area (TPSA) is 124 Å². The Morgan fingerprint density at radius 2 is 1.96 bits per heavy atom. The number of rotatable bonds is 12. The maximum atomic E-state index is 11.5. The molecule has 9 heteroatoms. The van der Waals surface area contributed by atoms with E-state index in [4.69, 9.17) is 20.3 Å². The molecule has 23 heavy (non-hydrogen) atoms. The fourth-order valence-corrected chi connectivity index (χ4v) is 1.77. The van der Waals surface area contributed by atoms with E-state index in [0.717, 1.165) is 4.57 Å². The highest BCUT2D eigenvalue weighted by atomic mass is 16.5. The Kier molecular flexibility index (Phi) is 8.58. The van der Waals surface area contributed by atoms with Crippen molar-refractivity contribution in [2.24, 2.45) is 5.73 Å². The summed E-state index contributed by atoms with van der Waals surface area (Å²) < 4.78 is 11.5. The maximum Gasteiger partial charge on any atom is 0.323 e. The number of aromatic nitrogens is 1. The monoisotopic (exact) mass is 327 g/mol. The molecular formula is C14H21N3O6. The summed E-state index contributed by atoms with van der Waals surface area (Å²) in [5, 5.41) is 8.76. The fourth-order valence-electron chi connectivity index (χ4n) is 1.77. The normalized spacial score (nSPS) is 10.5. The Bertz CT molecular complexity index is 560. The molecule has 0 aromatic carbocycles. The molecular weight excluding hydrogens is 306 g/mol. The minimum absolute atomic E-state index is 0.270. The molecule has 0 unspecified atom stereocenters. The summed E-state index contributed by atoms with van der Waals surface area (Å²) in [5.41, 5.74) is 5.24. The van der Waals surface area contributed by atoms with E-state index in [-0.39, 0.29) is 13.2 Å². The highest BCUT2D eigenvalue weighted by Gasteiger charge is 2.09. The molecule has 0 saturated heterocycles. The van der Waals surface area contributed by atoms with E-state index in [1.807, 2.05) is 0 Å². The Hall–Kier alpha value is -2.23. The first-order chi connectivity index (χ1) is 11.1. The molecule has 3 N–H and O–H groups in total. The smallest absolute Gasteiger partial charge is 0.323 e. The van der Waals surface area contributed by atoms with Gasteiger partial charge in [0.1, 0.15) is 6.54 Å². The van der Waals surface area contributed by atoms with Crippen LogP contribution in [0.4, 0.5) is 5.69 Å². The molecule has 1 aromatic heterocycles. The summed E-state index contributed by atoms with van der Waals surface area (Å²) in [6.07, 6.45) is 1.93. The number of nitrogens with zero attached hydrogens (tertiary/aromatic N) is 2. The van der Waals surface area contributed by atoms with Crippen molar-refractivity contribution in [2.75, 3.05) is 44.4 Å². The second-order valence-electron chi connectivity index (χ2n) is 4.56. The van der Waals surface area contributed by atoms with E-state index in [1.165, 1.54) is 23.2 Å². The van der Waals surface area contributed by atoms with Gasteiger partial charge in [0.25, 0.3) is 5.56 Å². The predicted octanol–water partition coefficient (Wildman–Crippen LogP) is -1.11. The molecule has 0 spiro atoms. The van der Waals surface area contributed by atoms with E-state index >= 15 is 0 Å². The molecule has 0 radical (unpaired) electrons. The number of nitrogens with two attached hydrogens (primary N) is 1. The number of carbonyl (C=O) groups is 2. The van der Waals surface area contributed by atoms with Crippen LogP contribution in [0.15, 0.2) is 23.1 Å². The molecule has 128 valence electrons. The van der Waals surface area contributed by atoms with Gasteiger partial charge < -0.3 is 29.8 Å². The molecule has 0 aliphatic carbocycles. The molecule has 0 saturated carbocycles. The molecule has 1 heterocycles. The molecule has 1 rings (SSSR count). The lowest BCUT2D eigenvalue weighted by molar-refractivity contribution is -0.137. The molecule has 0 aliphatic heterocycles. The second kappa shape index (κ2) is 10.5. The van der Waals surface area contributed by atoms with E-state index in [1.54, 1.807) is 0 Å². The van der Waals surface area contributed by atoms with E-state index in [9.17, 15) is 14.4 Å². The quantitative estimate of drug-likeness (QED) is 0.368. The fraction of sp³-hybridized carbons (Fsp3) is 0.500. The zero-order valence-electron chi connectivity index (χ0n) is 12.7. The van der Waals surface area contributed by atoms with Crippen LogP contribution in [0.2, 0.25) is 0 Å². The first-order valence-corrected chi connectivity index (χ1v) is 7.08. The number of carboxylic acids is 1. The summed E-state index contributed by atoms with van der Waals surface area (Å²) in [7, 11) is 0. The Labute approximate surface area is 133 Å². The van der Waals surface area contributed by atoms with Crippen molar-refractivity contribution < 1.29 is 24.2 Å². The van der Waals surface area contributed by atoms with Gasteiger partial charge in [0, 0.05) is 25.4 Å². The van der Waals surface area contributed by atoms with Gasteiger partial charge in [-0.15, -0.1) is 0 Å². The lowest BCUT2D eigenvalue weighted by Crippen LogP contribution is -2.29. The first kappa shape index (κ1) is 18.8. The largest absolute Gasteiger partial charge is 0.480 e. The van der Waals surface area contributed by atoms with Crippen LogP contribution < -0.4 is 16.2 Å². The Morgan fingerprint density at radius 3 is 2.57 bits per heavy atom. The van der Waals surface area contributed by atoms with Crippen LogP contribution in [0.1, 0.15) is 0 Å². The molecule has 0 fully saturated rings. The Morgan fingerprint density at radius 1 is 1.26 bits per heavy atom. The SMILES string of the molecule is NCCOCCOCCN(C=O)c1ccc(=O)n(CC(=O)O)c1. The van der Waals surface area contributed by atoms with Crippen LogP contribution in [0.5, 0.6) is 0 Å². The Balaban J connectivity index is 2.52. The predicted molar refractivity (Wildman–Crippen MR) is 82.4 cm³/mol. The third-order valence-electron chi connectivity index (χ3n) is 2.84. The third-order valence-corrected chi connectivity index (χ3v) is 2.84. The van der Waals surface area contributed by atoms with Gasteiger partial charge in [-0.25, -0.2) is 0 Å². The zero-order valence-corrected chi connectivity index (χ0v) is 12.7. The molecule has 9 nitrogen and oxygen atoms in total. The van der Waals surface area contributed by atoms with Gasteiger partial charge in [0.2, 0.25) is 6.41 Å². The number of hydrogen-bond donors (Lipinski definition) is 2. The van der Waals surface area contributed by atoms with Crippen molar-refractivity contribution in [1.82, 2.24) is 4.57 Å². The van der Waals surface area contributed by atoms with Crippen LogP contribution in [0, 0.1) is 0 Å². The molecule has 0 bridgehead atoms. The molecule has 0 atom stereocenters. The average Bonchev–Trinajstić information content (AvgIpc) is 2.52. The summed E-state index contributed by atoms with van der Waals surface area (Å²) in [6, 6.07) is 2.68. The van der Waals surface area contributed by atoms with E-state index < -0.39 is 18.1 Å². The zero-order chi connectivity index (χ0) is 17.1. The number of hydrogen-bond acceptors (Lipinski definition) is 6. The van der Waals surface area contributed by atoms with E-state index in [0.29, 0.717) is 38.5 Å². The minimum atomic E-state index is -1.14. The molecule has 0 aliphatic rings. The van der Waals surface area contributed by atoms with Gasteiger partial charge in [-0.1, -0.05) is 0 Å². The molecule has 1 amide bonds. The standard InChI is InChI=1S/C14H21N3O6/c15-3-5-22-7-8-23-6-4-16(11-18)12-1-2-13(19)17(9-12)10-14(20)21/h1-2,9,11H,3-8,10,15H2,(H,20,21). The second-order valence-corrected chi connectivity index (χ2v) is 4.56. The van der Waals surface area contributed by atoms with Crippen molar-refractivity contribution in [2.45, 2.75) is 6.54 Å². The number of carboxylic acid groups (broad SMARTS) is 1. The van der Waals surface area contributed by atoms with Gasteiger partial charge in [-0.3, -0.25) is 14.4 Å². The van der Waals surface area contributed by atoms with Crippen LogP contribution in [0.3, 0.4) is 0 Å². The summed E-state index contributed by atoms with van der Waals surface area (Å²) in [4.78, 5) is 34.7. The van der Waals surface area contributed by atoms with Gasteiger partial charge in [-0.05, 0) is 6.07 Å². The highest BCUT2D eigenvalue weighted by Crippen LogP contribution is 2.09. The lowest BCUT2D eigenvalue weighted by atomic mass is 10.3. The number of pyridine rings is 1. The van der Waals surface area contributed by atoms with Crippen molar-refractivity contribution in [3.63, 3.8) is 0 Å². The third kappa shape index (κ3) is 7.04. The van der Waals surface area contributed by atoms with Crippen molar-refractivity contribution in [3.05, 3.63) is 28.7 Å². The summed E-state index contributed by atoms with van der Waals surface area (Å²) >= 11 is 0. The summed E-state index contributed by atoms with van der Waals surface area (Å²) in [5.74, 6) is -1.14. The van der Waals surface area contributed by atoms with Crippen molar-refractivity contribution in [1.29, 1.82) is 0 Å². The van der Waals surface area contributed by atoms with Gasteiger partial charge in [0.15, 0.2) is 0 Å². The van der Waals surface area contributed by atoms with Crippen LogP contribution in [-0.2, 0) is 25.6 Å². The molecule has 1 aromatic rings. The summed E-state index contributed by atoms with van der Waals surface area (Å²) in [6.45, 7) is 1.80. The highest BCUT2D eigenvalue weighted by molar-refractivity contribution is 5.74. The maximum absolute atomic E-state index is 11.5. The number of aliphatic carboxylic acids is 1. The lowest BCUT2D eigenvalue weighted by Gasteiger charge is -2.18. The van der Waals surface area contributed by atoms with Gasteiger partial charge >= 0.3 is 5.97 Å². The number of amides is 1. The van der Waals surface area contributed by atoms with Crippen LogP contribution in [-0.4, -0.2) is 61.6 Å². The number of anilines is 1. The number of ether oxygens (including phenoxy) is 2. The van der Waals surface area contributed by atoms with Crippen molar-refractivity contribution >= 4 is 18.1 Å². The van der Waals surface area contributed by atoms with E-state index in [2.05, 4.69) is 0 Å². The van der Waals surface area contributed by atoms with Gasteiger partial charge in [0.05, 0.1) is 32.1 Å².